The molecule has 1 aliphatic heterocycles. The van der Waals surface area contributed by atoms with Crippen molar-refractivity contribution in [1.29, 1.82) is 0 Å². The first-order valence-electron chi connectivity index (χ1n) is 6.68. The Morgan fingerprint density at radius 3 is 2.76 bits per heavy atom. The Morgan fingerprint density at radius 2 is 2.18 bits per heavy atom. The lowest BCUT2D eigenvalue weighted by molar-refractivity contribution is -0.136. The van der Waals surface area contributed by atoms with E-state index in [1.807, 2.05) is 4.90 Å². The summed E-state index contributed by atoms with van der Waals surface area (Å²) in [7, 11) is 1.73. The number of nitrogens with zero attached hydrogens (tertiary/aromatic N) is 1. The van der Waals surface area contributed by atoms with Crippen molar-refractivity contribution in [3.63, 3.8) is 0 Å². The van der Waals surface area contributed by atoms with Crippen LogP contribution in [0, 0.1) is 11.8 Å². The summed E-state index contributed by atoms with van der Waals surface area (Å²) >= 11 is 0. The molecule has 2 aliphatic rings. The average Bonchev–Trinajstić information content (AvgIpc) is 3.13. The minimum absolute atomic E-state index is 0.0721. The van der Waals surface area contributed by atoms with Gasteiger partial charge in [-0.3, -0.25) is 4.79 Å². The van der Waals surface area contributed by atoms with Crippen LogP contribution in [-0.2, 0) is 9.53 Å². The highest BCUT2D eigenvalue weighted by Gasteiger charge is 2.33. The van der Waals surface area contributed by atoms with Crippen molar-refractivity contribution >= 4 is 5.91 Å². The summed E-state index contributed by atoms with van der Waals surface area (Å²) in [6, 6.07) is 0.0721. The molecule has 0 spiro atoms. The van der Waals surface area contributed by atoms with Gasteiger partial charge >= 0.3 is 0 Å². The number of carbonyl (C=O) groups excluding carboxylic acids is 1. The molecule has 1 aliphatic carbocycles. The largest absolute Gasteiger partial charge is 0.379 e. The van der Waals surface area contributed by atoms with Gasteiger partial charge in [0.25, 0.3) is 0 Å². The lowest BCUT2D eigenvalue weighted by Crippen LogP contribution is -2.48. The minimum Gasteiger partial charge on any atom is -0.379 e. The maximum atomic E-state index is 12.1. The molecule has 3 unspecified atom stereocenters. The molecule has 0 radical (unpaired) electrons. The molecule has 2 N–H and O–H groups in total. The van der Waals surface area contributed by atoms with Gasteiger partial charge in [-0.15, -0.1) is 0 Å². The quantitative estimate of drug-likeness (QED) is 0.797. The molecule has 0 bridgehead atoms. The van der Waals surface area contributed by atoms with E-state index in [4.69, 9.17) is 10.5 Å². The lowest BCUT2D eigenvalue weighted by atomic mass is 9.95. The van der Waals surface area contributed by atoms with E-state index in [2.05, 4.69) is 6.92 Å². The fourth-order valence-electron chi connectivity index (χ4n) is 2.59. The van der Waals surface area contributed by atoms with Crippen molar-refractivity contribution in [2.45, 2.75) is 44.8 Å². The van der Waals surface area contributed by atoms with Crippen LogP contribution in [0.5, 0.6) is 0 Å². The number of nitrogens with two attached hydrogens (primary N) is 1. The summed E-state index contributed by atoms with van der Waals surface area (Å²) in [6.07, 6.45) is 4.13. The van der Waals surface area contributed by atoms with Gasteiger partial charge in [0.2, 0.25) is 5.91 Å². The molecule has 98 valence electrons. The molecule has 1 amide bonds. The van der Waals surface area contributed by atoms with Crippen molar-refractivity contribution in [2.75, 3.05) is 20.2 Å². The van der Waals surface area contributed by atoms with Crippen LogP contribution in [-0.4, -0.2) is 43.2 Å². The molecule has 0 aromatic carbocycles. The number of ether oxygens (including phenoxy) is 1. The Morgan fingerprint density at radius 1 is 1.47 bits per heavy atom. The predicted molar refractivity (Wildman–Crippen MR) is 66.5 cm³/mol. The van der Waals surface area contributed by atoms with Crippen LogP contribution in [0.15, 0.2) is 0 Å². The smallest absolute Gasteiger partial charge is 0.224 e. The Hall–Kier alpha value is -0.610. The van der Waals surface area contributed by atoms with E-state index >= 15 is 0 Å². The third-order valence-corrected chi connectivity index (χ3v) is 4.18. The van der Waals surface area contributed by atoms with Crippen molar-refractivity contribution in [3.05, 3.63) is 0 Å². The standard InChI is InChI=1S/C13H24N2O2/c1-9-5-6-15(8-12(9)17-2)13(16)7-11(14)10-3-4-10/h9-12H,3-8,14H2,1-2H3. The Bertz CT molecular complexity index is 279. The van der Waals surface area contributed by atoms with Gasteiger partial charge in [0, 0.05) is 32.7 Å². The predicted octanol–water partition coefficient (Wildman–Crippen LogP) is 0.997. The number of hydrogen-bond donors (Lipinski definition) is 1. The van der Waals surface area contributed by atoms with Gasteiger partial charge in [-0.05, 0) is 31.1 Å². The van der Waals surface area contributed by atoms with Gasteiger partial charge in [-0.1, -0.05) is 6.92 Å². The molecule has 1 saturated heterocycles. The van der Waals surface area contributed by atoms with E-state index < -0.39 is 0 Å². The van der Waals surface area contributed by atoms with Crippen LogP contribution >= 0.6 is 0 Å². The number of carbonyl (C=O) groups is 1. The Kier molecular flexibility index (Phi) is 4.05. The summed E-state index contributed by atoms with van der Waals surface area (Å²) in [5.74, 6) is 1.35. The topological polar surface area (TPSA) is 55.6 Å². The van der Waals surface area contributed by atoms with Crippen LogP contribution in [0.3, 0.4) is 0 Å². The molecule has 4 heteroatoms. The van der Waals surface area contributed by atoms with E-state index in [1.54, 1.807) is 7.11 Å². The summed E-state index contributed by atoms with van der Waals surface area (Å²) in [5, 5.41) is 0. The highest BCUT2D eigenvalue weighted by atomic mass is 16.5. The molecule has 4 nitrogen and oxygen atoms in total. The maximum absolute atomic E-state index is 12.1. The second-order valence-corrected chi connectivity index (χ2v) is 5.59. The molecule has 1 saturated carbocycles. The van der Waals surface area contributed by atoms with E-state index in [1.165, 1.54) is 12.8 Å². The molecule has 2 rings (SSSR count). The van der Waals surface area contributed by atoms with Gasteiger partial charge in [-0.25, -0.2) is 0 Å². The zero-order chi connectivity index (χ0) is 12.4. The first-order valence-corrected chi connectivity index (χ1v) is 6.68. The van der Waals surface area contributed by atoms with Gasteiger partial charge < -0.3 is 15.4 Å². The van der Waals surface area contributed by atoms with Crippen molar-refractivity contribution in [2.24, 2.45) is 17.6 Å². The summed E-state index contributed by atoms with van der Waals surface area (Å²) in [4.78, 5) is 14.0. The number of piperidine rings is 1. The molecule has 2 fully saturated rings. The van der Waals surface area contributed by atoms with Crippen molar-refractivity contribution in [1.82, 2.24) is 4.90 Å². The second kappa shape index (κ2) is 5.36. The first-order chi connectivity index (χ1) is 8.11. The summed E-state index contributed by atoms with van der Waals surface area (Å²) < 4.78 is 5.42. The highest BCUT2D eigenvalue weighted by Crippen LogP contribution is 2.33. The monoisotopic (exact) mass is 240 g/mol. The van der Waals surface area contributed by atoms with Crippen molar-refractivity contribution in [3.8, 4) is 0 Å². The van der Waals surface area contributed by atoms with E-state index in [0.29, 0.717) is 18.3 Å². The van der Waals surface area contributed by atoms with E-state index in [9.17, 15) is 4.79 Å². The molecular weight excluding hydrogens is 216 g/mol. The number of hydrogen-bond acceptors (Lipinski definition) is 3. The maximum Gasteiger partial charge on any atom is 0.224 e. The zero-order valence-electron chi connectivity index (χ0n) is 10.9. The van der Waals surface area contributed by atoms with Crippen LogP contribution < -0.4 is 5.73 Å². The number of rotatable bonds is 4. The highest BCUT2D eigenvalue weighted by molar-refractivity contribution is 5.77. The van der Waals surface area contributed by atoms with E-state index in [-0.39, 0.29) is 18.1 Å². The Balaban J connectivity index is 1.82. The number of methoxy groups -OCH3 is 1. The second-order valence-electron chi connectivity index (χ2n) is 5.59. The van der Waals surface area contributed by atoms with E-state index in [0.717, 1.165) is 19.5 Å². The van der Waals surface area contributed by atoms with Gasteiger partial charge in [0.05, 0.1) is 6.10 Å². The molecule has 0 aromatic heterocycles. The molecule has 1 heterocycles. The SMILES string of the molecule is COC1CN(C(=O)CC(N)C2CC2)CCC1C. The average molecular weight is 240 g/mol. The number of amides is 1. The van der Waals surface area contributed by atoms with Gasteiger partial charge in [0.1, 0.15) is 0 Å². The summed E-state index contributed by atoms with van der Waals surface area (Å²) in [5.41, 5.74) is 6.00. The first kappa shape index (κ1) is 12.8. The fraction of sp³-hybridized carbons (Fsp3) is 0.923. The van der Waals surface area contributed by atoms with Crippen LogP contribution in [0.1, 0.15) is 32.6 Å². The summed E-state index contributed by atoms with van der Waals surface area (Å²) in [6.45, 7) is 3.77. The third kappa shape index (κ3) is 3.19. The van der Waals surface area contributed by atoms with Crippen molar-refractivity contribution < 1.29 is 9.53 Å². The lowest BCUT2D eigenvalue weighted by Gasteiger charge is -2.36. The molecule has 3 atom stereocenters. The zero-order valence-corrected chi connectivity index (χ0v) is 10.9. The van der Waals surface area contributed by atoms with Gasteiger partial charge in [-0.2, -0.15) is 0 Å². The molecule has 17 heavy (non-hydrogen) atoms. The third-order valence-electron chi connectivity index (χ3n) is 4.18. The molecular formula is C13H24N2O2. The minimum atomic E-state index is 0.0721. The fourth-order valence-corrected chi connectivity index (χ4v) is 2.59. The molecule has 0 aromatic rings. The number of likely N-dealkylation sites (tertiary alicyclic amines) is 1. The van der Waals surface area contributed by atoms with Crippen LogP contribution in [0.25, 0.3) is 0 Å². The Labute approximate surface area is 103 Å². The van der Waals surface area contributed by atoms with Gasteiger partial charge in [0.15, 0.2) is 0 Å². The van der Waals surface area contributed by atoms with Crippen LogP contribution in [0.4, 0.5) is 0 Å². The van der Waals surface area contributed by atoms with Crippen LogP contribution in [0.2, 0.25) is 0 Å². The normalized spacial score (nSPS) is 31.4.